The van der Waals surface area contributed by atoms with Crippen LogP contribution in [0.15, 0.2) is 42.5 Å². The van der Waals surface area contributed by atoms with E-state index in [4.69, 9.17) is 21.1 Å². The number of methoxy groups -OCH3 is 2. The zero-order chi connectivity index (χ0) is 17.4. The molecule has 0 aliphatic carbocycles. The minimum absolute atomic E-state index is 0. The first-order valence-electron chi connectivity index (χ1n) is 7.44. The van der Waals surface area contributed by atoms with Gasteiger partial charge in [0, 0.05) is 24.2 Å². The molecule has 0 aliphatic rings. The van der Waals surface area contributed by atoms with Crippen LogP contribution < -0.4 is 14.8 Å². The third-order valence-electron chi connectivity index (χ3n) is 3.39. The molecule has 2 rings (SSSR count). The lowest BCUT2D eigenvalue weighted by molar-refractivity contribution is -0.142. The Hall–Kier alpha value is -1.95. The number of hydrogen-bond donors (Lipinski definition) is 1. The van der Waals surface area contributed by atoms with Crippen molar-refractivity contribution in [1.29, 1.82) is 0 Å². The Morgan fingerprint density at radius 1 is 1.08 bits per heavy atom. The molecule has 1 N–H and O–H groups in total. The van der Waals surface area contributed by atoms with Crippen LogP contribution in [-0.4, -0.2) is 26.8 Å². The maximum Gasteiger partial charge on any atom is 0.343 e. The first kappa shape index (κ1) is 21.1. The van der Waals surface area contributed by atoms with Crippen LogP contribution in [0.25, 0.3) is 0 Å². The molecule has 0 heterocycles. The Kier molecular flexibility index (Phi) is 9.13. The Morgan fingerprint density at radius 3 is 2.44 bits per heavy atom. The maximum atomic E-state index is 11.2. The lowest BCUT2D eigenvalue weighted by atomic mass is 10.2. The fourth-order valence-corrected chi connectivity index (χ4v) is 2.34. The minimum atomic E-state index is -0.471. The molecule has 25 heavy (non-hydrogen) atoms. The highest BCUT2D eigenvalue weighted by Gasteiger charge is 2.12. The number of halogens is 2. The Morgan fingerprint density at radius 2 is 1.80 bits per heavy atom. The van der Waals surface area contributed by atoms with Crippen molar-refractivity contribution in [1.82, 2.24) is 5.32 Å². The molecule has 136 valence electrons. The highest BCUT2D eigenvalue weighted by atomic mass is 35.5. The predicted molar refractivity (Wildman–Crippen MR) is 99.7 cm³/mol. The van der Waals surface area contributed by atoms with Gasteiger partial charge in [0.2, 0.25) is 0 Å². The molecule has 5 nitrogen and oxygen atoms in total. The van der Waals surface area contributed by atoms with Crippen molar-refractivity contribution in [2.45, 2.75) is 13.1 Å². The summed E-state index contributed by atoms with van der Waals surface area (Å²) in [5.41, 5.74) is 2.08. The molecule has 0 aromatic heterocycles. The number of nitrogens with one attached hydrogen (secondary N) is 1. The average Bonchev–Trinajstić information content (AvgIpc) is 2.61. The summed E-state index contributed by atoms with van der Waals surface area (Å²) in [5.74, 6) is 0.446. The van der Waals surface area contributed by atoms with Gasteiger partial charge in [-0.3, -0.25) is 0 Å². The highest BCUT2D eigenvalue weighted by Crippen LogP contribution is 2.33. The summed E-state index contributed by atoms with van der Waals surface area (Å²) in [6.45, 7) is 1.12. The van der Waals surface area contributed by atoms with E-state index in [1.807, 2.05) is 18.2 Å². The van der Waals surface area contributed by atoms with E-state index < -0.39 is 5.97 Å². The minimum Gasteiger partial charge on any atom is -0.493 e. The number of esters is 1. The Balaban J connectivity index is 0.00000312. The monoisotopic (exact) mass is 385 g/mol. The second-order valence-electron chi connectivity index (χ2n) is 5.05. The molecule has 0 saturated heterocycles. The molecule has 2 aromatic carbocycles. The van der Waals surface area contributed by atoms with E-state index in [1.54, 1.807) is 12.1 Å². The second kappa shape index (κ2) is 10.8. The summed E-state index contributed by atoms with van der Waals surface area (Å²) in [6.07, 6.45) is 0. The molecular weight excluding hydrogens is 365 g/mol. The number of benzene rings is 2. The molecule has 0 spiro atoms. The van der Waals surface area contributed by atoms with Crippen molar-refractivity contribution in [2.75, 3.05) is 20.8 Å². The van der Waals surface area contributed by atoms with Gasteiger partial charge in [-0.2, -0.15) is 0 Å². The Labute approximate surface area is 158 Å². The number of rotatable bonds is 8. The molecule has 0 bridgehead atoms. The van der Waals surface area contributed by atoms with Crippen molar-refractivity contribution >= 4 is 30.0 Å². The molecule has 0 saturated carbocycles. The van der Waals surface area contributed by atoms with Crippen LogP contribution in [0.5, 0.6) is 11.5 Å². The summed E-state index contributed by atoms with van der Waals surface area (Å²) in [5, 5.41) is 3.87. The second-order valence-corrected chi connectivity index (χ2v) is 5.46. The summed E-state index contributed by atoms with van der Waals surface area (Å²) in [7, 11) is 2.84. The lowest BCUT2D eigenvalue weighted by Gasteiger charge is -2.14. The first-order chi connectivity index (χ1) is 11.6. The van der Waals surface area contributed by atoms with Crippen molar-refractivity contribution in [3.63, 3.8) is 0 Å². The quantitative estimate of drug-likeness (QED) is 0.703. The molecule has 0 aliphatic heterocycles. The van der Waals surface area contributed by atoms with Gasteiger partial charge in [-0.15, -0.1) is 12.4 Å². The van der Waals surface area contributed by atoms with Gasteiger partial charge in [0.1, 0.15) is 0 Å². The van der Waals surface area contributed by atoms with Gasteiger partial charge in [-0.1, -0.05) is 41.9 Å². The zero-order valence-electron chi connectivity index (χ0n) is 14.1. The third kappa shape index (κ3) is 6.46. The van der Waals surface area contributed by atoms with Crippen molar-refractivity contribution < 1.29 is 19.0 Å². The average molecular weight is 386 g/mol. The number of carbonyl (C=O) groups is 1. The summed E-state index contributed by atoms with van der Waals surface area (Å²) < 4.78 is 15.2. The molecule has 0 atom stereocenters. The van der Waals surface area contributed by atoms with Crippen LogP contribution in [0.2, 0.25) is 5.02 Å². The van der Waals surface area contributed by atoms with Crippen molar-refractivity contribution in [3.8, 4) is 11.5 Å². The van der Waals surface area contributed by atoms with Crippen LogP contribution in [0, 0.1) is 0 Å². The summed E-state index contributed by atoms with van der Waals surface area (Å²) >= 11 is 6.30. The van der Waals surface area contributed by atoms with Crippen molar-refractivity contribution in [3.05, 3.63) is 58.6 Å². The van der Waals surface area contributed by atoms with Gasteiger partial charge in [0.25, 0.3) is 0 Å². The van der Waals surface area contributed by atoms with Crippen LogP contribution >= 0.6 is 24.0 Å². The zero-order valence-corrected chi connectivity index (χ0v) is 15.7. The summed E-state index contributed by atoms with van der Waals surface area (Å²) in [4.78, 5) is 11.2. The standard InChI is InChI=1S/C18H20ClNO4.ClH/c1-22-16-8-14(11-20-10-13-6-4-3-5-7-13)15(19)9-17(16)24-12-18(21)23-2;/h3-9,20H,10-12H2,1-2H3;1H. The largest absolute Gasteiger partial charge is 0.493 e. The number of ether oxygens (including phenoxy) is 3. The highest BCUT2D eigenvalue weighted by molar-refractivity contribution is 6.31. The van der Waals surface area contributed by atoms with Gasteiger partial charge in [0.15, 0.2) is 18.1 Å². The number of hydrogen-bond acceptors (Lipinski definition) is 5. The first-order valence-corrected chi connectivity index (χ1v) is 7.82. The molecule has 0 fully saturated rings. The molecule has 7 heteroatoms. The number of carbonyl (C=O) groups excluding carboxylic acids is 1. The van der Waals surface area contributed by atoms with E-state index in [2.05, 4.69) is 22.2 Å². The maximum absolute atomic E-state index is 11.2. The van der Waals surface area contributed by atoms with E-state index >= 15 is 0 Å². The molecule has 0 radical (unpaired) electrons. The van der Waals surface area contributed by atoms with Gasteiger partial charge in [0.05, 0.1) is 14.2 Å². The fourth-order valence-electron chi connectivity index (χ4n) is 2.12. The van der Waals surface area contributed by atoms with E-state index in [1.165, 1.54) is 19.8 Å². The molecule has 0 unspecified atom stereocenters. The van der Waals surface area contributed by atoms with Gasteiger partial charge < -0.3 is 19.5 Å². The van der Waals surface area contributed by atoms with Crippen LogP contribution in [0.3, 0.4) is 0 Å². The van der Waals surface area contributed by atoms with Gasteiger partial charge in [-0.25, -0.2) is 4.79 Å². The van der Waals surface area contributed by atoms with E-state index in [9.17, 15) is 4.79 Å². The topological polar surface area (TPSA) is 56.8 Å². The van der Waals surface area contributed by atoms with Gasteiger partial charge >= 0.3 is 5.97 Å². The van der Waals surface area contributed by atoms with Crippen molar-refractivity contribution in [2.24, 2.45) is 0 Å². The molecule has 2 aromatic rings. The smallest absolute Gasteiger partial charge is 0.343 e. The SMILES string of the molecule is COC(=O)COc1cc(Cl)c(CNCc2ccccc2)cc1OC.Cl. The van der Waals surface area contributed by atoms with Crippen LogP contribution in [-0.2, 0) is 22.6 Å². The predicted octanol–water partition coefficient (Wildman–Crippen LogP) is 3.61. The fraction of sp³-hybridized carbons (Fsp3) is 0.278. The molecule has 0 amide bonds. The third-order valence-corrected chi connectivity index (χ3v) is 3.75. The normalized spacial score (nSPS) is 9.88. The van der Waals surface area contributed by atoms with Crippen LogP contribution in [0.4, 0.5) is 0 Å². The van der Waals surface area contributed by atoms with E-state index in [-0.39, 0.29) is 19.0 Å². The van der Waals surface area contributed by atoms with Gasteiger partial charge in [-0.05, 0) is 17.2 Å². The summed E-state index contributed by atoms with van der Waals surface area (Å²) in [6, 6.07) is 13.5. The molecular formula is C18H21Cl2NO4. The Bertz CT molecular complexity index is 680. The lowest BCUT2D eigenvalue weighted by Crippen LogP contribution is -2.14. The van der Waals surface area contributed by atoms with Crippen LogP contribution in [0.1, 0.15) is 11.1 Å². The van der Waals surface area contributed by atoms with E-state index in [0.29, 0.717) is 23.1 Å². The van der Waals surface area contributed by atoms with E-state index in [0.717, 1.165) is 12.1 Å².